The fourth-order valence-electron chi connectivity index (χ4n) is 1.74. The Kier molecular flexibility index (Phi) is 4.02. The fraction of sp³-hybridized carbons (Fsp3) is 0.125. The van der Waals surface area contributed by atoms with Crippen LogP contribution in [0.1, 0.15) is 11.1 Å². The molecular weight excluding hydrogens is 222 g/mol. The van der Waals surface area contributed by atoms with Crippen LogP contribution < -0.4 is 10.1 Å². The molecule has 2 aromatic carbocycles. The quantitative estimate of drug-likeness (QED) is 0.817. The monoisotopic (exact) mass is 239 g/mol. The third kappa shape index (κ3) is 3.14. The van der Waals surface area contributed by atoms with Crippen LogP contribution in [0.5, 0.6) is 5.75 Å². The Hall–Kier alpha value is -2.22. The first-order valence-corrected chi connectivity index (χ1v) is 5.92. The predicted molar refractivity (Wildman–Crippen MR) is 77.9 cm³/mol. The van der Waals surface area contributed by atoms with Gasteiger partial charge in [0.25, 0.3) is 0 Å². The van der Waals surface area contributed by atoms with Crippen molar-refractivity contribution in [1.82, 2.24) is 0 Å². The summed E-state index contributed by atoms with van der Waals surface area (Å²) in [5.41, 5.74) is 3.41. The molecule has 1 N–H and O–H groups in total. The van der Waals surface area contributed by atoms with Crippen molar-refractivity contribution in [2.24, 2.45) is 0 Å². The van der Waals surface area contributed by atoms with E-state index >= 15 is 0 Å². The van der Waals surface area contributed by atoms with Crippen molar-refractivity contribution < 1.29 is 4.74 Å². The van der Waals surface area contributed by atoms with Crippen molar-refractivity contribution in [3.8, 4) is 5.75 Å². The van der Waals surface area contributed by atoms with Gasteiger partial charge < -0.3 is 10.1 Å². The molecule has 0 radical (unpaired) electrons. The largest absolute Gasteiger partial charge is 0.497 e. The summed E-state index contributed by atoms with van der Waals surface area (Å²) in [5, 5.41) is 3.13. The number of hydrogen-bond donors (Lipinski definition) is 1. The van der Waals surface area contributed by atoms with E-state index in [0.717, 1.165) is 17.0 Å². The molecule has 0 aliphatic carbocycles. The maximum absolute atomic E-state index is 5.20. The molecule has 0 bridgehead atoms. The Balaban J connectivity index is 2.18. The lowest BCUT2D eigenvalue weighted by Gasteiger charge is -2.02. The van der Waals surface area contributed by atoms with Gasteiger partial charge in [-0.15, -0.1) is 0 Å². The van der Waals surface area contributed by atoms with E-state index in [2.05, 4.69) is 35.7 Å². The lowest BCUT2D eigenvalue weighted by atomic mass is 10.1. The van der Waals surface area contributed by atoms with Crippen LogP contribution in [0.25, 0.3) is 12.2 Å². The molecule has 0 aromatic heterocycles. The number of methoxy groups -OCH3 is 1. The van der Waals surface area contributed by atoms with Crippen molar-refractivity contribution in [2.45, 2.75) is 0 Å². The van der Waals surface area contributed by atoms with Crippen LogP contribution in [-0.4, -0.2) is 14.2 Å². The first-order chi connectivity index (χ1) is 8.81. The first kappa shape index (κ1) is 12.2. The zero-order valence-corrected chi connectivity index (χ0v) is 10.7. The van der Waals surface area contributed by atoms with Gasteiger partial charge >= 0.3 is 0 Å². The van der Waals surface area contributed by atoms with Crippen LogP contribution >= 0.6 is 0 Å². The van der Waals surface area contributed by atoms with Gasteiger partial charge in [-0.05, 0) is 35.4 Å². The van der Waals surface area contributed by atoms with E-state index in [1.807, 2.05) is 37.4 Å². The van der Waals surface area contributed by atoms with Gasteiger partial charge in [-0.1, -0.05) is 36.4 Å². The Morgan fingerprint density at radius 2 is 1.61 bits per heavy atom. The molecule has 0 saturated carbocycles. The standard InChI is InChI=1S/C16H17NO/c1-17-15-7-3-5-13(11-15)9-10-14-6-4-8-16(12-14)18-2/h3-12,17H,1-2H3/b10-9+. The molecule has 0 aliphatic heterocycles. The molecule has 2 heteroatoms. The summed E-state index contributed by atoms with van der Waals surface area (Å²) in [7, 11) is 3.60. The predicted octanol–water partition coefficient (Wildman–Crippen LogP) is 3.91. The summed E-state index contributed by atoms with van der Waals surface area (Å²) < 4.78 is 5.20. The van der Waals surface area contributed by atoms with E-state index in [1.54, 1.807) is 7.11 Å². The Labute approximate surface area is 108 Å². The molecule has 2 aromatic rings. The molecule has 0 aliphatic rings. The summed E-state index contributed by atoms with van der Waals surface area (Å²) in [6, 6.07) is 16.3. The molecule has 0 saturated heterocycles. The van der Waals surface area contributed by atoms with E-state index in [9.17, 15) is 0 Å². The molecule has 0 fully saturated rings. The Morgan fingerprint density at radius 1 is 0.944 bits per heavy atom. The smallest absolute Gasteiger partial charge is 0.119 e. The van der Waals surface area contributed by atoms with Gasteiger partial charge in [0, 0.05) is 12.7 Å². The fourth-order valence-corrected chi connectivity index (χ4v) is 1.74. The molecule has 18 heavy (non-hydrogen) atoms. The van der Waals surface area contributed by atoms with Crippen LogP contribution in [0, 0.1) is 0 Å². The van der Waals surface area contributed by atoms with E-state index in [0.29, 0.717) is 0 Å². The topological polar surface area (TPSA) is 21.3 Å². The molecule has 0 amide bonds. The zero-order chi connectivity index (χ0) is 12.8. The van der Waals surface area contributed by atoms with Gasteiger partial charge in [-0.2, -0.15) is 0 Å². The normalized spacial score (nSPS) is 10.6. The van der Waals surface area contributed by atoms with E-state index in [1.165, 1.54) is 5.56 Å². The minimum atomic E-state index is 0.876. The van der Waals surface area contributed by atoms with Crippen LogP contribution in [0.4, 0.5) is 5.69 Å². The minimum Gasteiger partial charge on any atom is -0.497 e. The highest BCUT2D eigenvalue weighted by Crippen LogP contribution is 2.16. The molecule has 0 atom stereocenters. The van der Waals surface area contributed by atoms with Gasteiger partial charge in [0.15, 0.2) is 0 Å². The lowest BCUT2D eigenvalue weighted by Crippen LogP contribution is -1.87. The van der Waals surface area contributed by atoms with E-state index in [4.69, 9.17) is 4.74 Å². The van der Waals surface area contributed by atoms with Crippen molar-refractivity contribution in [3.63, 3.8) is 0 Å². The number of rotatable bonds is 4. The second-order valence-corrected chi connectivity index (χ2v) is 3.99. The van der Waals surface area contributed by atoms with Crippen molar-refractivity contribution in [2.75, 3.05) is 19.5 Å². The molecular formula is C16H17NO. The number of ether oxygens (including phenoxy) is 1. The van der Waals surface area contributed by atoms with Crippen LogP contribution in [0.15, 0.2) is 48.5 Å². The second-order valence-electron chi connectivity index (χ2n) is 3.99. The van der Waals surface area contributed by atoms with Gasteiger partial charge in [-0.3, -0.25) is 0 Å². The summed E-state index contributed by atoms with van der Waals surface area (Å²) in [5.74, 6) is 0.876. The average molecular weight is 239 g/mol. The van der Waals surface area contributed by atoms with Crippen LogP contribution in [-0.2, 0) is 0 Å². The Morgan fingerprint density at radius 3 is 2.28 bits per heavy atom. The maximum Gasteiger partial charge on any atom is 0.119 e. The van der Waals surface area contributed by atoms with Gasteiger partial charge in [-0.25, -0.2) is 0 Å². The number of hydrogen-bond acceptors (Lipinski definition) is 2. The molecule has 0 spiro atoms. The van der Waals surface area contributed by atoms with Gasteiger partial charge in [0.05, 0.1) is 7.11 Å². The molecule has 92 valence electrons. The van der Waals surface area contributed by atoms with Crippen LogP contribution in [0.2, 0.25) is 0 Å². The lowest BCUT2D eigenvalue weighted by molar-refractivity contribution is 0.414. The summed E-state index contributed by atoms with van der Waals surface area (Å²) >= 11 is 0. The highest BCUT2D eigenvalue weighted by molar-refractivity contribution is 5.71. The molecule has 0 unspecified atom stereocenters. The van der Waals surface area contributed by atoms with E-state index in [-0.39, 0.29) is 0 Å². The minimum absolute atomic E-state index is 0.876. The van der Waals surface area contributed by atoms with E-state index < -0.39 is 0 Å². The van der Waals surface area contributed by atoms with Crippen molar-refractivity contribution in [1.29, 1.82) is 0 Å². The number of nitrogens with one attached hydrogen (secondary N) is 1. The second kappa shape index (κ2) is 5.92. The van der Waals surface area contributed by atoms with Crippen molar-refractivity contribution >= 4 is 17.8 Å². The SMILES string of the molecule is CNc1cccc(/C=C/c2cccc(OC)c2)c1. The number of benzene rings is 2. The molecule has 2 nitrogen and oxygen atoms in total. The zero-order valence-electron chi connectivity index (χ0n) is 10.7. The summed E-state index contributed by atoms with van der Waals surface area (Å²) in [6.07, 6.45) is 4.17. The third-order valence-corrected chi connectivity index (χ3v) is 2.74. The summed E-state index contributed by atoms with van der Waals surface area (Å²) in [6.45, 7) is 0. The van der Waals surface area contributed by atoms with Crippen molar-refractivity contribution in [3.05, 3.63) is 59.7 Å². The van der Waals surface area contributed by atoms with Crippen LogP contribution in [0.3, 0.4) is 0 Å². The molecule has 0 heterocycles. The third-order valence-electron chi connectivity index (χ3n) is 2.74. The summed E-state index contributed by atoms with van der Waals surface area (Å²) in [4.78, 5) is 0. The van der Waals surface area contributed by atoms with Gasteiger partial charge in [0.1, 0.15) is 5.75 Å². The molecule has 2 rings (SSSR count). The Bertz CT molecular complexity index is 497. The number of anilines is 1. The first-order valence-electron chi connectivity index (χ1n) is 5.92. The maximum atomic E-state index is 5.20. The average Bonchev–Trinajstić information content (AvgIpc) is 2.45. The highest BCUT2D eigenvalue weighted by Gasteiger charge is 1.93. The highest BCUT2D eigenvalue weighted by atomic mass is 16.5. The van der Waals surface area contributed by atoms with Gasteiger partial charge in [0.2, 0.25) is 0 Å².